The van der Waals surface area contributed by atoms with Crippen molar-refractivity contribution in [2.75, 3.05) is 5.32 Å². The molecule has 0 aliphatic heterocycles. The largest absolute Gasteiger partial charge is 0.478 e. The Kier molecular flexibility index (Phi) is 4.44. The van der Waals surface area contributed by atoms with Crippen LogP contribution in [0.2, 0.25) is 0 Å². The van der Waals surface area contributed by atoms with Crippen molar-refractivity contribution in [3.63, 3.8) is 0 Å². The van der Waals surface area contributed by atoms with Crippen LogP contribution in [0.4, 0.5) is 5.69 Å². The number of hydrogen-bond donors (Lipinski definition) is 2. The van der Waals surface area contributed by atoms with Crippen molar-refractivity contribution >= 4 is 28.9 Å². The number of carbonyl (C=O) groups excluding carboxylic acids is 1. The molecule has 0 bridgehead atoms. The molecule has 0 unspecified atom stereocenters. The first-order valence-electron chi connectivity index (χ1n) is 7.34. The molecule has 1 heterocycles. The van der Waals surface area contributed by atoms with E-state index in [1.165, 1.54) is 11.3 Å². The van der Waals surface area contributed by atoms with Gasteiger partial charge in [-0.3, -0.25) is 4.79 Å². The Balaban J connectivity index is 1.88. The molecule has 2 aromatic carbocycles. The molecule has 0 aliphatic carbocycles. The van der Waals surface area contributed by atoms with E-state index in [1.807, 2.05) is 36.6 Å². The lowest BCUT2D eigenvalue weighted by Crippen LogP contribution is -2.10. The molecule has 0 radical (unpaired) electrons. The monoisotopic (exact) mass is 337 g/mol. The van der Waals surface area contributed by atoms with Crippen LogP contribution in [0.25, 0.3) is 11.1 Å². The summed E-state index contributed by atoms with van der Waals surface area (Å²) in [7, 11) is 0. The van der Waals surface area contributed by atoms with Crippen LogP contribution in [0, 0.1) is 6.92 Å². The zero-order valence-corrected chi connectivity index (χ0v) is 13.8. The fourth-order valence-electron chi connectivity index (χ4n) is 2.40. The maximum atomic E-state index is 12.2. The second-order valence-corrected chi connectivity index (χ2v) is 6.29. The molecule has 0 fully saturated rings. The summed E-state index contributed by atoms with van der Waals surface area (Å²) in [4.78, 5) is 23.8. The fraction of sp³-hybridized carbons (Fsp3) is 0.0526. The summed E-state index contributed by atoms with van der Waals surface area (Å²) < 4.78 is 0. The third-order valence-electron chi connectivity index (χ3n) is 3.68. The fourth-order valence-corrected chi connectivity index (χ4v) is 3.02. The molecule has 0 saturated heterocycles. The molecule has 0 aliphatic rings. The van der Waals surface area contributed by atoms with Gasteiger partial charge in [0.15, 0.2) is 0 Å². The second-order valence-electron chi connectivity index (χ2n) is 5.34. The highest BCUT2D eigenvalue weighted by molar-refractivity contribution is 7.12. The molecule has 2 N–H and O–H groups in total. The minimum atomic E-state index is -0.949. The summed E-state index contributed by atoms with van der Waals surface area (Å²) in [6.45, 7) is 1.98. The molecular weight excluding hydrogens is 322 g/mol. The van der Waals surface area contributed by atoms with Crippen molar-refractivity contribution in [2.45, 2.75) is 6.92 Å². The smallest absolute Gasteiger partial charge is 0.335 e. The maximum Gasteiger partial charge on any atom is 0.335 e. The molecule has 5 heteroatoms. The van der Waals surface area contributed by atoms with Crippen molar-refractivity contribution in [3.8, 4) is 11.1 Å². The van der Waals surface area contributed by atoms with Gasteiger partial charge in [-0.15, -0.1) is 11.3 Å². The third-order valence-corrected chi connectivity index (χ3v) is 4.55. The van der Waals surface area contributed by atoms with Crippen LogP contribution in [0.3, 0.4) is 0 Å². The van der Waals surface area contributed by atoms with E-state index in [0.29, 0.717) is 10.6 Å². The molecule has 24 heavy (non-hydrogen) atoms. The van der Waals surface area contributed by atoms with Gasteiger partial charge in [0, 0.05) is 5.69 Å². The van der Waals surface area contributed by atoms with Crippen molar-refractivity contribution in [1.82, 2.24) is 0 Å². The standard InChI is InChI=1S/C19H15NO3S/c1-12-4-9-15(20-18(21)17-3-2-10-24-17)11-16(12)13-5-7-14(8-6-13)19(22)23/h2-11H,1H3,(H,20,21)(H,22,23). The lowest BCUT2D eigenvalue weighted by molar-refractivity contribution is 0.0696. The highest BCUT2D eigenvalue weighted by Gasteiger charge is 2.10. The lowest BCUT2D eigenvalue weighted by atomic mass is 9.99. The van der Waals surface area contributed by atoms with Crippen LogP contribution < -0.4 is 5.32 Å². The van der Waals surface area contributed by atoms with E-state index in [2.05, 4.69) is 5.32 Å². The number of thiophene rings is 1. The number of nitrogens with one attached hydrogen (secondary N) is 1. The number of carboxylic acids is 1. The molecule has 1 amide bonds. The van der Waals surface area contributed by atoms with E-state index in [4.69, 9.17) is 5.11 Å². The van der Waals surface area contributed by atoms with Gasteiger partial charge in [-0.1, -0.05) is 24.3 Å². The predicted molar refractivity (Wildman–Crippen MR) is 95.8 cm³/mol. The van der Waals surface area contributed by atoms with Crippen LogP contribution in [0.5, 0.6) is 0 Å². The van der Waals surface area contributed by atoms with Gasteiger partial charge in [-0.2, -0.15) is 0 Å². The number of benzene rings is 2. The van der Waals surface area contributed by atoms with Crippen LogP contribution >= 0.6 is 11.3 Å². The molecule has 3 rings (SSSR count). The van der Waals surface area contributed by atoms with Crippen LogP contribution in [0.1, 0.15) is 25.6 Å². The number of carbonyl (C=O) groups is 2. The zero-order valence-electron chi connectivity index (χ0n) is 12.9. The summed E-state index contributed by atoms with van der Waals surface area (Å²) >= 11 is 1.39. The van der Waals surface area contributed by atoms with Crippen molar-refractivity contribution in [2.24, 2.45) is 0 Å². The average molecular weight is 337 g/mol. The number of rotatable bonds is 4. The molecule has 120 valence electrons. The van der Waals surface area contributed by atoms with E-state index in [-0.39, 0.29) is 11.5 Å². The van der Waals surface area contributed by atoms with Gasteiger partial charge in [0.1, 0.15) is 0 Å². The van der Waals surface area contributed by atoms with E-state index in [9.17, 15) is 9.59 Å². The summed E-state index contributed by atoms with van der Waals surface area (Å²) in [5.74, 6) is -1.09. The summed E-state index contributed by atoms with van der Waals surface area (Å²) in [6.07, 6.45) is 0. The topological polar surface area (TPSA) is 66.4 Å². The van der Waals surface area contributed by atoms with E-state index in [1.54, 1.807) is 30.3 Å². The molecule has 0 spiro atoms. The molecule has 0 saturated carbocycles. The Morgan fingerprint density at radius 2 is 1.79 bits per heavy atom. The van der Waals surface area contributed by atoms with Crippen LogP contribution in [0.15, 0.2) is 60.0 Å². The average Bonchev–Trinajstić information content (AvgIpc) is 3.11. The van der Waals surface area contributed by atoms with Gasteiger partial charge in [0.2, 0.25) is 0 Å². The predicted octanol–water partition coefficient (Wildman–Crippen LogP) is 4.67. The van der Waals surface area contributed by atoms with Gasteiger partial charge in [-0.05, 0) is 59.3 Å². The quantitative estimate of drug-likeness (QED) is 0.727. The van der Waals surface area contributed by atoms with E-state index in [0.717, 1.165) is 16.7 Å². The van der Waals surface area contributed by atoms with Crippen molar-refractivity contribution < 1.29 is 14.7 Å². The lowest BCUT2D eigenvalue weighted by Gasteiger charge is -2.10. The third kappa shape index (κ3) is 3.36. The first-order chi connectivity index (χ1) is 11.5. The molecular formula is C19H15NO3S. The minimum Gasteiger partial charge on any atom is -0.478 e. The Bertz CT molecular complexity index is 883. The number of anilines is 1. The molecule has 0 atom stereocenters. The minimum absolute atomic E-state index is 0.138. The molecule has 4 nitrogen and oxygen atoms in total. The molecule has 1 aromatic heterocycles. The number of amides is 1. The van der Waals surface area contributed by atoms with E-state index >= 15 is 0 Å². The van der Waals surface area contributed by atoms with Gasteiger partial charge >= 0.3 is 5.97 Å². The first kappa shape index (κ1) is 16.0. The summed E-state index contributed by atoms with van der Waals surface area (Å²) in [5, 5.41) is 13.7. The van der Waals surface area contributed by atoms with Gasteiger partial charge in [-0.25, -0.2) is 4.79 Å². The summed E-state index contributed by atoms with van der Waals surface area (Å²) in [6, 6.07) is 16.0. The number of carboxylic acid groups (broad SMARTS) is 1. The van der Waals surface area contributed by atoms with Crippen molar-refractivity contribution in [1.29, 1.82) is 0 Å². The van der Waals surface area contributed by atoms with Crippen LogP contribution in [-0.2, 0) is 0 Å². The Labute approximate surface area is 143 Å². The normalized spacial score (nSPS) is 10.4. The summed E-state index contributed by atoms with van der Waals surface area (Å²) in [5.41, 5.74) is 3.86. The van der Waals surface area contributed by atoms with Crippen LogP contribution in [-0.4, -0.2) is 17.0 Å². The first-order valence-corrected chi connectivity index (χ1v) is 8.22. The number of hydrogen-bond acceptors (Lipinski definition) is 3. The number of aromatic carboxylic acids is 1. The highest BCUT2D eigenvalue weighted by Crippen LogP contribution is 2.27. The van der Waals surface area contributed by atoms with Crippen molar-refractivity contribution in [3.05, 3.63) is 76.0 Å². The number of aryl methyl sites for hydroxylation is 1. The SMILES string of the molecule is Cc1ccc(NC(=O)c2cccs2)cc1-c1ccc(C(=O)O)cc1. The van der Waals surface area contributed by atoms with E-state index < -0.39 is 5.97 Å². The maximum absolute atomic E-state index is 12.2. The second kappa shape index (κ2) is 6.68. The Morgan fingerprint density at radius 1 is 1.04 bits per heavy atom. The Morgan fingerprint density at radius 3 is 2.42 bits per heavy atom. The zero-order chi connectivity index (χ0) is 17.1. The Hall–Kier alpha value is -2.92. The molecule has 3 aromatic rings. The van der Waals surface area contributed by atoms with Gasteiger partial charge in [0.25, 0.3) is 5.91 Å². The van der Waals surface area contributed by atoms with Gasteiger partial charge < -0.3 is 10.4 Å². The van der Waals surface area contributed by atoms with Gasteiger partial charge in [0.05, 0.1) is 10.4 Å². The highest BCUT2D eigenvalue weighted by atomic mass is 32.1.